The van der Waals surface area contributed by atoms with E-state index in [1.807, 2.05) is 40.7 Å². The molecule has 3 N–H and O–H groups in total. The van der Waals surface area contributed by atoms with E-state index in [0.29, 0.717) is 11.4 Å². The van der Waals surface area contributed by atoms with Crippen LogP contribution in [0, 0.1) is 19.8 Å². The summed E-state index contributed by atoms with van der Waals surface area (Å²) < 4.78 is 27.6. The van der Waals surface area contributed by atoms with Crippen LogP contribution >= 0.6 is 0 Å². The molecule has 0 radical (unpaired) electrons. The molecular weight excluding hydrogens is 260 g/mol. The number of benzene rings is 1. The van der Waals surface area contributed by atoms with Crippen LogP contribution in [-0.2, 0) is 16.6 Å². The third-order valence-corrected chi connectivity index (χ3v) is 5.23. The van der Waals surface area contributed by atoms with E-state index in [0.717, 1.165) is 16.7 Å². The topological polar surface area (TPSA) is 72.2 Å². The van der Waals surface area contributed by atoms with E-state index in [4.69, 9.17) is 5.73 Å². The molecule has 1 aromatic rings. The van der Waals surface area contributed by atoms with Gasteiger partial charge in [0, 0.05) is 12.6 Å². The Morgan fingerprint density at radius 2 is 1.79 bits per heavy atom. The zero-order chi connectivity index (χ0) is 14.8. The number of sulfonamides is 1. The Bertz CT molecular complexity index is 551. The van der Waals surface area contributed by atoms with E-state index in [2.05, 4.69) is 4.72 Å². The molecule has 0 bridgehead atoms. The van der Waals surface area contributed by atoms with Crippen molar-refractivity contribution in [2.45, 2.75) is 52.1 Å². The zero-order valence-electron chi connectivity index (χ0n) is 12.3. The van der Waals surface area contributed by atoms with Crippen LogP contribution in [0.25, 0.3) is 0 Å². The predicted octanol–water partition coefficient (Wildman–Crippen LogP) is 2.08. The smallest absolute Gasteiger partial charge is 0.241 e. The van der Waals surface area contributed by atoms with Crippen LogP contribution in [0.2, 0.25) is 0 Å². The van der Waals surface area contributed by atoms with Gasteiger partial charge in [0.1, 0.15) is 0 Å². The lowest BCUT2D eigenvalue weighted by atomic mass is 10.1. The molecule has 1 aromatic carbocycles. The molecule has 0 heterocycles. The highest BCUT2D eigenvalue weighted by atomic mass is 32.2. The van der Waals surface area contributed by atoms with Gasteiger partial charge in [0.05, 0.1) is 4.90 Å². The minimum Gasteiger partial charge on any atom is -0.326 e. The minimum atomic E-state index is -3.50. The van der Waals surface area contributed by atoms with Crippen molar-refractivity contribution in [1.29, 1.82) is 0 Å². The Morgan fingerprint density at radius 3 is 2.26 bits per heavy atom. The largest absolute Gasteiger partial charge is 0.326 e. The predicted molar refractivity (Wildman–Crippen MR) is 78.4 cm³/mol. The van der Waals surface area contributed by atoms with Gasteiger partial charge in [-0.15, -0.1) is 0 Å². The van der Waals surface area contributed by atoms with Crippen LogP contribution in [0.15, 0.2) is 17.0 Å². The summed E-state index contributed by atoms with van der Waals surface area (Å²) in [5, 5.41) is 0. The lowest BCUT2D eigenvalue weighted by Crippen LogP contribution is -2.36. The van der Waals surface area contributed by atoms with Gasteiger partial charge in [0.25, 0.3) is 0 Å². The molecule has 0 fully saturated rings. The summed E-state index contributed by atoms with van der Waals surface area (Å²) in [6.07, 6.45) is 0. The monoisotopic (exact) mass is 284 g/mol. The van der Waals surface area contributed by atoms with Gasteiger partial charge in [-0.2, -0.15) is 0 Å². The molecule has 0 saturated heterocycles. The van der Waals surface area contributed by atoms with Gasteiger partial charge < -0.3 is 5.73 Å². The van der Waals surface area contributed by atoms with E-state index in [1.54, 1.807) is 6.07 Å². The highest BCUT2D eigenvalue weighted by molar-refractivity contribution is 7.89. The summed E-state index contributed by atoms with van der Waals surface area (Å²) in [4.78, 5) is 0.334. The van der Waals surface area contributed by atoms with Crippen LogP contribution in [0.4, 0.5) is 0 Å². The molecule has 1 atom stereocenters. The molecule has 0 aromatic heterocycles. The van der Waals surface area contributed by atoms with Crippen molar-refractivity contribution in [2.75, 3.05) is 0 Å². The molecular formula is C14H24N2O2S. The van der Waals surface area contributed by atoms with Gasteiger partial charge in [-0.1, -0.05) is 19.9 Å². The molecule has 0 aliphatic heterocycles. The number of hydrogen-bond acceptors (Lipinski definition) is 3. The molecule has 0 spiro atoms. The fourth-order valence-electron chi connectivity index (χ4n) is 1.74. The first kappa shape index (κ1) is 16.1. The Labute approximate surface area is 116 Å². The Hall–Kier alpha value is -0.910. The number of aryl methyl sites for hydroxylation is 1. The number of rotatable bonds is 5. The minimum absolute atomic E-state index is 0.105. The molecule has 4 nitrogen and oxygen atoms in total. The molecule has 0 amide bonds. The average Bonchev–Trinajstić information content (AvgIpc) is 2.31. The molecule has 0 saturated carbocycles. The van der Waals surface area contributed by atoms with E-state index in [9.17, 15) is 8.42 Å². The van der Waals surface area contributed by atoms with Gasteiger partial charge in [-0.05, 0) is 49.4 Å². The van der Waals surface area contributed by atoms with Crippen molar-refractivity contribution in [3.05, 3.63) is 28.8 Å². The molecule has 108 valence electrons. The van der Waals surface area contributed by atoms with Crippen LogP contribution < -0.4 is 10.5 Å². The SMILES string of the molecule is Cc1cc(CN)cc(S(=O)(=O)NC(C)C(C)C)c1C. The molecule has 0 aliphatic carbocycles. The van der Waals surface area contributed by atoms with Crippen molar-refractivity contribution in [2.24, 2.45) is 11.7 Å². The van der Waals surface area contributed by atoms with Crippen LogP contribution in [0.1, 0.15) is 37.5 Å². The molecule has 1 rings (SSSR count). The van der Waals surface area contributed by atoms with E-state index < -0.39 is 10.0 Å². The fourth-order valence-corrected chi connectivity index (χ4v) is 3.50. The molecule has 1 unspecified atom stereocenters. The summed E-state index contributed by atoms with van der Waals surface area (Å²) in [5.41, 5.74) is 8.17. The zero-order valence-corrected chi connectivity index (χ0v) is 13.1. The second-order valence-electron chi connectivity index (χ2n) is 5.39. The highest BCUT2D eigenvalue weighted by Crippen LogP contribution is 2.21. The summed E-state index contributed by atoms with van der Waals surface area (Å²) in [5.74, 6) is 0.244. The maximum Gasteiger partial charge on any atom is 0.241 e. The number of nitrogens with one attached hydrogen (secondary N) is 1. The van der Waals surface area contributed by atoms with Crippen molar-refractivity contribution in [1.82, 2.24) is 4.72 Å². The summed E-state index contributed by atoms with van der Waals surface area (Å²) in [7, 11) is -3.50. The van der Waals surface area contributed by atoms with Gasteiger partial charge in [0.15, 0.2) is 0 Å². The van der Waals surface area contributed by atoms with Crippen molar-refractivity contribution in [3.8, 4) is 0 Å². The van der Waals surface area contributed by atoms with Crippen molar-refractivity contribution < 1.29 is 8.42 Å². The van der Waals surface area contributed by atoms with Crippen LogP contribution in [-0.4, -0.2) is 14.5 Å². The van der Waals surface area contributed by atoms with Crippen LogP contribution in [0.5, 0.6) is 0 Å². The van der Waals surface area contributed by atoms with Gasteiger partial charge in [-0.25, -0.2) is 13.1 Å². The van der Waals surface area contributed by atoms with E-state index in [1.165, 1.54) is 0 Å². The lowest BCUT2D eigenvalue weighted by Gasteiger charge is -2.19. The molecule has 5 heteroatoms. The Kier molecular flexibility index (Phi) is 5.12. The summed E-state index contributed by atoms with van der Waals surface area (Å²) >= 11 is 0. The van der Waals surface area contributed by atoms with Gasteiger partial charge in [-0.3, -0.25) is 0 Å². The first-order valence-electron chi connectivity index (χ1n) is 6.51. The number of nitrogens with two attached hydrogens (primary N) is 1. The van der Waals surface area contributed by atoms with Crippen molar-refractivity contribution >= 4 is 10.0 Å². The highest BCUT2D eigenvalue weighted by Gasteiger charge is 2.22. The molecule has 0 aliphatic rings. The summed E-state index contributed by atoms with van der Waals surface area (Å²) in [6, 6.07) is 3.49. The Balaban J connectivity index is 3.25. The first-order chi connectivity index (χ1) is 8.69. The molecule has 19 heavy (non-hydrogen) atoms. The summed E-state index contributed by atoms with van der Waals surface area (Å²) in [6.45, 7) is 9.91. The van der Waals surface area contributed by atoms with Crippen LogP contribution in [0.3, 0.4) is 0 Å². The average molecular weight is 284 g/mol. The number of hydrogen-bond donors (Lipinski definition) is 2. The van der Waals surface area contributed by atoms with Crippen molar-refractivity contribution in [3.63, 3.8) is 0 Å². The fraction of sp³-hybridized carbons (Fsp3) is 0.571. The Morgan fingerprint density at radius 1 is 1.21 bits per heavy atom. The standard InChI is InChI=1S/C14H24N2O2S/c1-9(2)12(5)16-19(17,18)14-7-13(8-15)6-10(3)11(14)4/h6-7,9,12,16H,8,15H2,1-5H3. The van der Waals surface area contributed by atoms with E-state index in [-0.39, 0.29) is 12.0 Å². The van der Waals surface area contributed by atoms with Gasteiger partial charge >= 0.3 is 0 Å². The lowest BCUT2D eigenvalue weighted by molar-refractivity contribution is 0.476. The van der Waals surface area contributed by atoms with Gasteiger partial charge in [0.2, 0.25) is 10.0 Å². The maximum atomic E-state index is 12.4. The third-order valence-electron chi connectivity index (χ3n) is 3.55. The second kappa shape index (κ2) is 6.03. The maximum absolute atomic E-state index is 12.4. The second-order valence-corrected chi connectivity index (χ2v) is 7.08. The quantitative estimate of drug-likeness (QED) is 0.869. The third kappa shape index (κ3) is 3.78. The van der Waals surface area contributed by atoms with E-state index >= 15 is 0 Å². The first-order valence-corrected chi connectivity index (χ1v) is 8.00. The normalized spacial score (nSPS) is 13.8.